The average molecular weight is 364 g/mol. The summed E-state index contributed by atoms with van der Waals surface area (Å²) in [5.41, 5.74) is 2.20. The number of ether oxygens (including phenoxy) is 1. The highest BCUT2D eigenvalue weighted by atomic mass is 79.9. The zero-order chi connectivity index (χ0) is 13.2. The lowest BCUT2D eigenvalue weighted by atomic mass is 9.86. The van der Waals surface area contributed by atoms with Crippen molar-refractivity contribution in [3.8, 4) is 5.75 Å². The molecule has 0 spiro atoms. The second-order valence-corrected chi connectivity index (χ2v) is 6.27. The molecule has 0 saturated heterocycles. The molecule has 1 aromatic carbocycles. The molecule has 94 valence electrons. The third-order valence-electron chi connectivity index (χ3n) is 2.34. The Bertz CT molecular complexity index is 434. The highest BCUT2D eigenvalue weighted by Crippen LogP contribution is 2.36. The Morgan fingerprint density at radius 2 is 1.94 bits per heavy atom. The maximum absolute atomic E-state index is 11.0. The van der Waals surface area contributed by atoms with Gasteiger partial charge >= 0.3 is 5.97 Å². The minimum atomic E-state index is -0.298. The maximum Gasteiger partial charge on any atom is 0.308 e. The summed E-state index contributed by atoms with van der Waals surface area (Å²) in [6.07, 6.45) is 0. The Labute approximate surface area is 119 Å². The van der Waals surface area contributed by atoms with E-state index in [4.69, 9.17) is 4.74 Å². The van der Waals surface area contributed by atoms with Crippen LogP contribution >= 0.6 is 31.9 Å². The van der Waals surface area contributed by atoms with Crippen molar-refractivity contribution >= 4 is 37.8 Å². The van der Waals surface area contributed by atoms with E-state index in [-0.39, 0.29) is 11.4 Å². The first-order valence-electron chi connectivity index (χ1n) is 5.33. The van der Waals surface area contributed by atoms with E-state index in [1.165, 1.54) is 6.92 Å². The van der Waals surface area contributed by atoms with E-state index in [2.05, 4.69) is 52.6 Å². The number of hydrogen-bond donors (Lipinski definition) is 0. The smallest absolute Gasteiger partial charge is 0.308 e. The number of carbonyl (C=O) groups excluding carboxylic acids is 1. The summed E-state index contributed by atoms with van der Waals surface area (Å²) in [7, 11) is 0. The Kier molecular flexibility index (Phi) is 4.78. The van der Waals surface area contributed by atoms with Crippen LogP contribution in [-0.2, 0) is 15.5 Å². The molecule has 0 saturated carbocycles. The fourth-order valence-electron chi connectivity index (χ4n) is 1.52. The minimum Gasteiger partial charge on any atom is -0.427 e. The summed E-state index contributed by atoms with van der Waals surface area (Å²) in [4.78, 5) is 11.0. The molecular weight excluding hydrogens is 348 g/mol. The lowest BCUT2D eigenvalue weighted by molar-refractivity contribution is -0.131. The van der Waals surface area contributed by atoms with E-state index >= 15 is 0 Å². The number of esters is 1. The Morgan fingerprint density at radius 3 is 2.35 bits per heavy atom. The molecule has 4 heteroatoms. The van der Waals surface area contributed by atoms with Crippen molar-refractivity contribution in [2.75, 3.05) is 0 Å². The minimum absolute atomic E-state index is 0.00802. The molecule has 0 bridgehead atoms. The summed E-state index contributed by atoms with van der Waals surface area (Å²) in [6.45, 7) is 7.79. The summed E-state index contributed by atoms with van der Waals surface area (Å²) in [5, 5.41) is 0.714. The van der Waals surface area contributed by atoms with Gasteiger partial charge in [-0.2, -0.15) is 0 Å². The number of carbonyl (C=O) groups is 1. The van der Waals surface area contributed by atoms with Gasteiger partial charge in [0.05, 0.1) is 0 Å². The van der Waals surface area contributed by atoms with Gasteiger partial charge in [0.25, 0.3) is 0 Å². The number of hydrogen-bond acceptors (Lipinski definition) is 2. The zero-order valence-electron chi connectivity index (χ0n) is 10.4. The van der Waals surface area contributed by atoms with Gasteiger partial charge in [0.15, 0.2) is 0 Å². The first-order valence-corrected chi connectivity index (χ1v) is 7.24. The summed E-state index contributed by atoms with van der Waals surface area (Å²) < 4.78 is 6.23. The van der Waals surface area contributed by atoms with Crippen LogP contribution < -0.4 is 4.74 Å². The largest absolute Gasteiger partial charge is 0.427 e. The third-order valence-corrected chi connectivity index (χ3v) is 3.88. The Morgan fingerprint density at radius 1 is 1.35 bits per heavy atom. The SMILES string of the molecule is CC(=O)Oc1cc(CBr)c(Br)c(C(C)(C)C)c1. The lowest BCUT2D eigenvalue weighted by Crippen LogP contribution is -2.14. The molecule has 2 nitrogen and oxygen atoms in total. The summed E-state index contributed by atoms with van der Waals surface area (Å²) in [5.74, 6) is 0.299. The molecule has 0 aliphatic carbocycles. The van der Waals surface area contributed by atoms with E-state index in [0.717, 1.165) is 15.6 Å². The van der Waals surface area contributed by atoms with Gasteiger partial charge < -0.3 is 4.74 Å². The molecule has 0 aliphatic heterocycles. The lowest BCUT2D eigenvalue weighted by Gasteiger charge is -2.23. The van der Waals surface area contributed by atoms with Crippen LogP contribution in [0.25, 0.3) is 0 Å². The molecular formula is C13H16Br2O2. The normalized spacial score (nSPS) is 11.4. The molecule has 0 fully saturated rings. The van der Waals surface area contributed by atoms with Crippen LogP contribution in [0.2, 0.25) is 0 Å². The van der Waals surface area contributed by atoms with Gasteiger partial charge in [-0.25, -0.2) is 0 Å². The second kappa shape index (κ2) is 5.53. The fraction of sp³-hybridized carbons (Fsp3) is 0.462. The highest BCUT2D eigenvalue weighted by molar-refractivity contribution is 9.10. The van der Waals surface area contributed by atoms with Gasteiger partial charge in [0.2, 0.25) is 0 Å². The maximum atomic E-state index is 11.0. The van der Waals surface area contributed by atoms with Crippen LogP contribution in [0.4, 0.5) is 0 Å². The fourth-order valence-corrected chi connectivity index (χ4v) is 3.31. The molecule has 0 N–H and O–H groups in total. The molecule has 1 aromatic rings. The predicted octanol–water partition coefficient (Wildman–Crippen LogP) is 4.57. The van der Waals surface area contributed by atoms with Crippen molar-refractivity contribution < 1.29 is 9.53 Å². The van der Waals surface area contributed by atoms with E-state index in [9.17, 15) is 4.79 Å². The van der Waals surface area contributed by atoms with Crippen molar-refractivity contribution in [2.24, 2.45) is 0 Å². The van der Waals surface area contributed by atoms with Gasteiger partial charge in [0.1, 0.15) is 5.75 Å². The molecule has 1 rings (SSSR count). The summed E-state index contributed by atoms with van der Waals surface area (Å²) in [6, 6.07) is 3.78. The standard InChI is InChI=1S/C13H16Br2O2/c1-8(16)17-10-5-9(7-14)12(15)11(6-10)13(2,3)4/h5-6H,7H2,1-4H3. The second-order valence-electron chi connectivity index (χ2n) is 4.92. The number of alkyl halides is 1. The zero-order valence-corrected chi connectivity index (χ0v) is 13.6. The van der Waals surface area contributed by atoms with Gasteiger partial charge in [0, 0.05) is 16.7 Å². The molecule has 0 unspecified atom stereocenters. The molecule has 0 aromatic heterocycles. The van der Waals surface area contributed by atoms with E-state index < -0.39 is 0 Å². The monoisotopic (exact) mass is 362 g/mol. The molecule has 0 amide bonds. The van der Waals surface area contributed by atoms with Gasteiger partial charge in [-0.05, 0) is 28.7 Å². The number of halogens is 2. The van der Waals surface area contributed by atoms with Crippen LogP contribution in [0.5, 0.6) is 5.75 Å². The number of rotatable bonds is 2. The van der Waals surface area contributed by atoms with Crippen molar-refractivity contribution in [1.82, 2.24) is 0 Å². The Balaban J connectivity index is 3.33. The van der Waals surface area contributed by atoms with Crippen LogP contribution in [0.1, 0.15) is 38.8 Å². The van der Waals surface area contributed by atoms with Crippen molar-refractivity contribution in [1.29, 1.82) is 0 Å². The summed E-state index contributed by atoms with van der Waals surface area (Å²) >= 11 is 7.05. The van der Waals surface area contributed by atoms with E-state index in [0.29, 0.717) is 11.1 Å². The van der Waals surface area contributed by atoms with E-state index in [1.54, 1.807) is 0 Å². The third kappa shape index (κ3) is 3.81. The first kappa shape index (κ1) is 14.7. The first-order chi connectivity index (χ1) is 7.75. The quantitative estimate of drug-likeness (QED) is 0.437. The van der Waals surface area contributed by atoms with Crippen molar-refractivity contribution in [2.45, 2.75) is 38.4 Å². The molecule has 0 heterocycles. The van der Waals surface area contributed by atoms with Crippen LogP contribution in [0.3, 0.4) is 0 Å². The van der Waals surface area contributed by atoms with Crippen molar-refractivity contribution in [3.63, 3.8) is 0 Å². The van der Waals surface area contributed by atoms with Crippen molar-refractivity contribution in [3.05, 3.63) is 27.7 Å². The van der Waals surface area contributed by atoms with E-state index in [1.807, 2.05) is 12.1 Å². The molecule has 0 radical (unpaired) electrons. The van der Waals surface area contributed by atoms with Gasteiger partial charge in [-0.3, -0.25) is 4.79 Å². The molecule has 0 atom stereocenters. The average Bonchev–Trinajstić information content (AvgIpc) is 2.17. The highest BCUT2D eigenvalue weighted by Gasteiger charge is 2.20. The number of benzene rings is 1. The van der Waals surface area contributed by atoms with Crippen LogP contribution in [0, 0.1) is 0 Å². The molecule has 17 heavy (non-hydrogen) atoms. The molecule has 0 aliphatic rings. The Hall–Kier alpha value is -0.350. The van der Waals surface area contributed by atoms with Gasteiger partial charge in [-0.15, -0.1) is 0 Å². The van der Waals surface area contributed by atoms with Gasteiger partial charge in [-0.1, -0.05) is 52.6 Å². The topological polar surface area (TPSA) is 26.3 Å². The van der Waals surface area contributed by atoms with Crippen LogP contribution in [-0.4, -0.2) is 5.97 Å². The van der Waals surface area contributed by atoms with Crippen LogP contribution in [0.15, 0.2) is 16.6 Å². The predicted molar refractivity (Wildman–Crippen MR) is 76.8 cm³/mol.